The Kier molecular flexibility index (Phi) is 20.7. The molecule has 43 heavy (non-hydrogen) atoms. The fourth-order valence-electron chi connectivity index (χ4n) is 3.43. The summed E-state index contributed by atoms with van der Waals surface area (Å²) in [6.07, 6.45) is 1.31. The Morgan fingerprint density at radius 1 is 0.791 bits per heavy atom. The molecule has 0 bridgehead atoms. The second-order valence-electron chi connectivity index (χ2n) is 10.8. The van der Waals surface area contributed by atoms with E-state index in [1.165, 1.54) is 7.05 Å². The van der Waals surface area contributed by atoms with Crippen LogP contribution in [0.4, 0.5) is 9.59 Å². The fourth-order valence-corrected chi connectivity index (χ4v) is 5.12. The highest BCUT2D eigenvalue weighted by Gasteiger charge is 2.40. The molecule has 3 atom stereocenters. The summed E-state index contributed by atoms with van der Waals surface area (Å²) in [7, 11) is -3.36. The van der Waals surface area contributed by atoms with E-state index >= 15 is 0 Å². The van der Waals surface area contributed by atoms with E-state index in [-0.39, 0.29) is 19.6 Å². The van der Waals surface area contributed by atoms with Crippen molar-refractivity contribution in [2.75, 3.05) is 20.3 Å². The molecule has 0 aromatic heterocycles. The summed E-state index contributed by atoms with van der Waals surface area (Å²) in [5.74, 6) is -2.90. The highest BCUT2D eigenvalue weighted by Crippen LogP contribution is 2.49. The summed E-state index contributed by atoms with van der Waals surface area (Å²) >= 11 is 0. The number of carbonyl (C=O) groups excluding carboxylic acids is 2. The van der Waals surface area contributed by atoms with Crippen molar-refractivity contribution < 1.29 is 52.1 Å². The third kappa shape index (κ3) is 17.3. The number of rotatable bonds is 22. The minimum Gasteiger partial charge on any atom is -0.480 e. The Morgan fingerprint density at radius 2 is 1.21 bits per heavy atom. The minimum atomic E-state index is -4.71. The van der Waals surface area contributed by atoms with E-state index in [0.717, 1.165) is 37.0 Å². The van der Waals surface area contributed by atoms with Gasteiger partial charge in [-0.1, -0.05) is 87.0 Å². The largest absolute Gasteiger partial charge is 0.510 e. The molecule has 15 heteroatoms. The molecular formula is C28H54N3O11P. The Bertz CT molecular complexity index is 844. The zero-order valence-corrected chi connectivity index (χ0v) is 28.0. The van der Waals surface area contributed by atoms with Gasteiger partial charge in [0.15, 0.2) is 0 Å². The number of likely N-dealkylation sites (N-methyl/N-ethyl adjacent to an activating group) is 1. The maximum absolute atomic E-state index is 14.2. The zero-order chi connectivity index (χ0) is 33.0. The molecule has 0 aromatic rings. The first-order chi connectivity index (χ1) is 20.2. The molecule has 0 saturated heterocycles. The third-order valence-electron chi connectivity index (χ3n) is 6.11. The van der Waals surface area contributed by atoms with E-state index < -0.39 is 62.4 Å². The van der Waals surface area contributed by atoms with Crippen LogP contribution in [0.5, 0.6) is 0 Å². The number of nitrogens with one attached hydrogen (secondary N) is 2. The van der Waals surface area contributed by atoms with Crippen LogP contribution < -0.4 is 5.09 Å². The van der Waals surface area contributed by atoms with E-state index in [1.54, 1.807) is 27.7 Å². The molecule has 0 aliphatic carbocycles. The molecule has 3 unspecified atom stereocenters. The van der Waals surface area contributed by atoms with E-state index in [0.29, 0.717) is 19.3 Å². The maximum atomic E-state index is 14.2. The van der Waals surface area contributed by atoms with Gasteiger partial charge in [-0.05, 0) is 19.3 Å². The molecule has 252 valence electrons. The number of hydrogen-bond acceptors (Lipinski definition) is 11. The van der Waals surface area contributed by atoms with Crippen molar-refractivity contribution in [3.05, 3.63) is 0 Å². The van der Waals surface area contributed by atoms with E-state index in [1.807, 2.05) is 20.8 Å². The summed E-state index contributed by atoms with van der Waals surface area (Å²) in [6, 6.07) is -1.11. The second-order valence-corrected chi connectivity index (χ2v) is 12.5. The van der Waals surface area contributed by atoms with Gasteiger partial charge in [0, 0.05) is 18.9 Å². The van der Waals surface area contributed by atoms with Gasteiger partial charge in [-0.3, -0.25) is 19.5 Å². The summed E-state index contributed by atoms with van der Waals surface area (Å²) in [6.45, 7) is 12.7. The topological polar surface area (TPSA) is 183 Å². The highest BCUT2D eigenvalue weighted by atomic mass is 31.2. The normalized spacial score (nSPS) is 14.7. The fraction of sp³-hybridized carbons (Fsp3) is 0.857. The smallest absolute Gasteiger partial charge is 0.480 e. The van der Waals surface area contributed by atoms with Gasteiger partial charge < -0.3 is 29.0 Å². The molecular weight excluding hydrogens is 585 g/mol. The average molecular weight is 640 g/mol. The van der Waals surface area contributed by atoms with Gasteiger partial charge in [0.1, 0.15) is 6.04 Å². The molecule has 0 aliphatic rings. The van der Waals surface area contributed by atoms with Gasteiger partial charge in [0.25, 0.3) is 0 Å². The monoisotopic (exact) mass is 639 g/mol. The molecule has 0 amide bonds. The first-order valence-corrected chi connectivity index (χ1v) is 16.7. The van der Waals surface area contributed by atoms with Crippen LogP contribution in [0.25, 0.3) is 0 Å². The lowest BCUT2D eigenvalue weighted by Gasteiger charge is -2.33. The Morgan fingerprint density at radius 3 is 1.56 bits per heavy atom. The van der Waals surface area contributed by atoms with Crippen LogP contribution in [0.1, 0.15) is 106 Å². The summed E-state index contributed by atoms with van der Waals surface area (Å²) in [5.41, 5.74) is 0. The van der Waals surface area contributed by atoms with Gasteiger partial charge in [-0.15, -0.1) is 0 Å². The highest BCUT2D eigenvalue weighted by molar-refractivity contribution is 7.52. The standard InChI is InChI=1S/C28H54N3O11P/c1-9-12-15-18-37-27(34)39-24(20(4)5)41-43(36,30-26(29)31(8)22(23(32)33)17-14-11-3)42-25(21(6)7)40-28(35)38-19-16-13-10-2/h20-22,24-25H,9-19H2,1-8H3,(H,32,33)(H2,29,30,36). The van der Waals surface area contributed by atoms with Gasteiger partial charge >= 0.3 is 26.0 Å². The van der Waals surface area contributed by atoms with Crippen LogP contribution in [-0.4, -0.2) is 73.1 Å². The van der Waals surface area contributed by atoms with Crippen molar-refractivity contribution in [1.29, 1.82) is 5.41 Å². The van der Waals surface area contributed by atoms with Crippen LogP contribution >= 0.6 is 7.75 Å². The molecule has 0 fully saturated rings. The van der Waals surface area contributed by atoms with Crippen LogP contribution in [0.3, 0.4) is 0 Å². The van der Waals surface area contributed by atoms with Crippen LogP contribution in [-0.2, 0) is 37.4 Å². The number of aliphatic carboxylic acids is 1. The lowest BCUT2D eigenvalue weighted by Crippen LogP contribution is -2.47. The van der Waals surface area contributed by atoms with Crippen molar-refractivity contribution in [1.82, 2.24) is 9.99 Å². The van der Waals surface area contributed by atoms with Crippen LogP contribution in [0.2, 0.25) is 0 Å². The van der Waals surface area contributed by atoms with Crippen LogP contribution in [0.15, 0.2) is 0 Å². The van der Waals surface area contributed by atoms with Crippen molar-refractivity contribution in [2.45, 2.75) is 125 Å². The molecule has 0 aromatic carbocycles. The van der Waals surface area contributed by atoms with E-state index in [4.69, 9.17) is 33.4 Å². The number of carboxylic acid groups (broad SMARTS) is 1. The molecule has 0 saturated carbocycles. The molecule has 0 spiro atoms. The molecule has 0 rings (SSSR count). The molecule has 14 nitrogen and oxygen atoms in total. The SMILES string of the molecule is CCCCCOC(=O)OC(OP(=O)(NC(=N)N(C)C(CCCC)C(=O)O)OC(OC(=O)OCCCCC)C(C)C)C(C)C. The predicted octanol–water partition coefficient (Wildman–Crippen LogP) is 6.88. The minimum absolute atomic E-state index is 0.122. The quantitative estimate of drug-likeness (QED) is 0.0278. The summed E-state index contributed by atoms with van der Waals surface area (Å²) in [5, 5.41) is 20.6. The summed E-state index contributed by atoms with van der Waals surface area (Å²) < 4.78 is 46.3. The first-order valence-electron chi connectivity index (χ1n) is 15.2. The molecule has 3 N–H and O–H groups in total. The van der Waals surface area contributed by atoms with Gasteiger partial charge in [-0.2, -0.15) is 0 Å². The predicted molar refractivity (Wildman–Crippen MR) is 161 cm³/mol. The number of guanidine groups is 1. The van der Waals surface area contributed by atoms with Crippen molar-refractivity contribution >= 4 is 32.0 Å². The third-order valence-corrected chi connectivity index (χ3v) is 7.57. The first kappa shape index (κ1) is 40.4. The Balaban J connectivity index is 6.06. The number of nitrogens with zero attached hydrogens (tertiary/aromatic N) is 1. The lowest BCUT2D eigenvalue weighted by atomic mass is 10.1. The Hall–Kier alpha value is -2.57. The second kappa shape index (κ2) is 22.0. The van der Waals surface area contributed by atoms with Crippen molar-refractivity contribution in [3.63, 3.8) is 0 Å². The summed E-state index contributed by atoms with van der Waals surface area (Å²) in [4.78, 5) is 37.7. The maximum Gasteiger partial charge on any atom is 0.510 e. The average Bonchev–Trinajstić information content (AvgIpc) is 2.92. The van der Waals surface area contributed by atoms with E-state index in [2.05, 4.69) is 5.09 Å². The van der Waals surface area contributed by atoms with Crippen molar-refractivity contribution in [3.8, 4) is 0 Å². The number of unbranched alkanes of at least 4 members (excludes halogenated alkanes) is 5. The van der Waals surface area contributed by atoms with Gasteiger partial charge in [0.05, 0.1) is 13.2 Å². The number of hydrogen-bond donors (Lipinski definition) is 3. The molecule has 0 radical (unpaired) electrons. The number of carbonyl (C=O) groups is 3. The molecule has 0 aliphatic heterocycles. The number of ether oxygens (including phenoxy) is 4. The number of carboxylic acids is 1. The molecule has 0 heterocycles. The lowest BCUT2D eigenvalue weighted by molar-refractivity contribution is -0.142. The zero-order valence-electron chi connectivity index (χ0n) is 27.1. The van der Waals surface area contributed by atoms with Crippen LogP contribution in [0, 0.1) is 17.2 Å². The Labute approximate surface area is 256 Å². The van der Waals surface area contributed by atoms with Crippen molar-refractivity contribution in [2.24, 2.45) is 11.8 Å². The van der Waals surface area contributed by atoms with E-state index in [9.17, 15) is 24.1 Å². The van der Waals surface area contributed by atoms with Gasteiger partial charge in [-0.25, -0.2) is 18.9 Å². The van der Waals surface area contributed by atoms with Gasteiger partial charge in [0.2, 0.25) is 18.5 Å².